The van der Waals surface area contributed by atoms with Crippen LogP contribution in [0.3, 0.4) is 0 Å². The van der Waals surface area contributed by atoms with Crippen molar-refractivity contribution < 1.29 is 24.2 Å². The second kappa shape index (κ2) is 4.95. The molecular formula is C9H16O5. The Hall–Kier alpha value is -1.10. The molecule has 0 aliphatic heterocycles. The summed E-state index contributed by atoms with van der Waals surface area (Å²) >= 11 is 0. The quantitative estimate of drug-likeness (QED) is 0.664. The van der Waals surface area contributed by atoms with Crippen LogP contribution in [-0.4, -0.2) is 35.4 Å². The van der Waals surface area contributed by atoms with Gasteiger partial charge < -0.3 is 14.6 Å². The molecule has 2 atom stereocenters. The highest BCUT2D eigenvalue weighted by Crippen LogP contribution is 2.15. The molecule has 0 aromatic heterocycles. The van der Waals surface area contributed by atoms with E-state index in [1.165, 1.54) is 20.8 Å². The summed E-state index contributed by atoms with van der Waals surface area (Å²) in [6.45, 7) is 5.68. The van der Waals surface area contributed by atoms with E-state index in [0.717, 1.165) is 0 Å². The molecule has 1 N–H and O–H groups in total. The van der Waals surface area contributed by atoms with Gasteiger partial charge in [0.2, 0.25) is 0 Å². The van der Waals surface area contributed by atoms with Crippen molar-refractivity contribution in [2.45, 2.75) is 39.4 Å². The van der Waals surface area contributed by atoms with E-state index < -0.39 is 23.6 Å². The minimum absolute atomic E-state index is 0.168. The van der Waals surface area contributed by atoms with Crippen LogP contribution in [0.25, 0.3) is 0 Å². The third-order valence-electron chi connectivity index (χ3n) is 1.82. The highest BCUT2D eigenvalue weighted by molar-refractivity contribution is 5.80. The van der Waals surface area contributed by atoms with E-state index in [0.29, 0.717) is 0 Å². The monoisotopic (exact) mass is 204 g/mol. The van der Waals surface area contributed by atoms with Gasteiger partial charge in [0, 0.05) is 6.92 Å². The van der Waals surface area contributed by atoms with Gasteiger partial charge in [0.25, 0.3) is 0 Å². The second-order valence-electron chi connectivity index (χ2n) is 3.12. The molecule has 0 saturated carbocycles. The van der Waals surface area contributed by atoms with Gasteiger partial charge in [-0.05, 0) is 20.8 Å². The minimum Gasteiger partial charge on any atom is -0.464 e. The van der Waals surface area contributed by atoms with Crippen LogP contribution in [0.5, 0.6) is 0 Å². The first kappa shape index (κ1) is 12.9. The van der Waals surface area contributed by atoms with Crippen molar-refractivity contribution in [1.29, 1.82) is 0 Å². The molecule has 0 rings (SSSR count). The maximum absolute atomic E-state index is 11.2. The van der Waals surface area contributed by atoms with Crippen molar-refractivity contribution >= 4 is 11.9 Å². The SMILES string of the molecule is CCOC(=O)C(C)(O)C(C)OC(C)=O. The highest BCUT2D eigenvalue weighted by atomic mass is 16.6. The summed E-state index contributed by atoms with van der Waals surface area (Å²) in [4.78, 5) is 21.8. The Morgan fingerprint density at radius 1 is 1.50 bits per heavy atom. The summed E-state index contributed by atoms with van der Waals surface area (Å²) in [7, 11) is 0. The molecule has 0 aromatic rings. The average Bonchev–Trinajstić information content (AvgIpc) is 2.03. The molecule has 0 aliphatic rings. The van der Waals surface area contributed by atoms with Gasteiger partial charge in [-0.25, -0.2) is 4.79 Å². The lowest BCUT2D eigenvalue weighted by atomic mass is 10.0. The van der Waals surface area contributed by atoms with Gasteiger partial charge in [-0.3, -0.25) is 4.79 Å². The van der Waals surface area contributed by atoms with Gasteiger partial charge in [-0.2, -0.15) is 0 Å². The number of hydrogen-bond donors (Lipinski definition) is 1. The molecule has 82 valence electrons. The van der Waals surface area contributed by atoms with E-state index in [9.17, 15) is 14.7 Å². The first-order chi connectivity index (χ1) is 6.32. The zero-order valence-electron chi connectivity index (χ0n) is 8.86. The van der Waals surface area contributed by atoms with Gasteiger partial charge in [-0.1, -0.05) is 0 Å². The topological polar surface area (TPSA) is 72.8 Å². The Morgan fingerprint density at radius 3 is 2.36 bits per heavy atom. The van der Waals surface area contributed by atoms with Crippen LogP contribution >= 0.6 is 0 Å². The molecule has 0 saturated heterocycles. The molecule has 0 aromatic carbocycles. The molecule has 0 bridgehead atoms. The lowest BCUT2D eigenvalue weighted by molar-refractivity contribution is -0.182. The third-order valence-corrected chi connectivity index (χ3v) is 1.82. The van der Waals surface area contributed by atoms with Crippen LogP contribution in [0, 0.1) is 0 Å². The molecule has 0 spiro atoms. The van der Waals surface area contributed by atoms with Crippen LogP contribution in [0.2, 0.25) is 0 Å². The van der Waals surface area contributed by atoms with Crippen molar-refractivity contribution in [2.75, 3.05) is 6.61 Å². The van der Waals surface area contributed by atoms with Gasteiger partial charge in [0.05, 0.1) is 6.61 Å². The highest BCUT2D eigenvalue weighted by Gasteiger charge is 2.40. The summed E-state index contributed by atoms with van der Waals surface area (Å²) in [6, 6.07) is 0. The molecular weight excluding hydrogens is 188 g/mol. The van der Waals surface area contributed by atoms with Gasteiger partial charge in [0.1, 0.15) is 6.10 Å². The number of ether oxygens (including phenoxy) is 2. The lowest BCUT2D eigenvalue weighted by Gasteiger charge is -2.26. The van der Waals surface area contributed by atoms with Crippen LogP contribution in [-0.2, 0) is 19.1 Å². The van der Waals surface area contributed by atoms with E-state index >= 15 is 0 Å². The molecule has 0 heterocycles. The Kier molecular flexibility index (Phi) is 4.56. The predicted octanol–water partition coefficient (Wildman–Crippen LogP) is 0.252. The number of hydrogen-bond acceptors (Lipinski definition) is 5. The number of aliphatic hydroxyl groups is 1. The Morgan fingerprint density at radius 2 is 2.00 bits per heavy atom. The molecule has 5 heteroatoms. The van der Waals surface area contributed by atoms with Gasteiger partial charge in [0.15, 0.2) is 5.60 Å². The lowest BCUT2D eigenvalue weighted by Crippen LogP contribution is -2.48. The fourth-order valence-electron chi connectivity index (χ4n) is 0.807. The van der Waals surface area contributed by atoms with Gasteiger partial charge in [-0.15, -0.1) is 0 Å². The molecule has 5 nitrogen and oxygen atoms in total. The van der Waals surface area contributed by atoms with Gasteiger partial charge >= 0.3 is 11.9 Å². The molecule has 0 fully saturated rings. The maximum atomic E-state index is 11.2. The number of esters is 2. The average molecular weight is 204 g/mol. The first-order valence-electron chi connectivity index (χ1n) is 4.39. The Labute approximate surface area is 83.0 Å². The largest absolute Gasteiger partial charge is 0.464 e. The summed E-state index contributed by atoms with van der Waals surface area (Å²) in [5, 5.41) is 9.68. The van der Waals surface area contributed by atoms with Crippen molar-refractivity contribution in [3.05, 3.63) is 0 Å². The molecule has 14 heavy (non-hydrogen) atoms. The molecule has 0 radical (unpaired) electrons. The van der Waals surface area contributed by atoms with Crippen molar-refractivity contribution in [3.8, 4) is 0 Å². The van der Waals surface area contributed by atoms with Crippen LogP contribution in [0.1, 0.15) is 27.7 Å². The van der Waals surface area contributed by atoms with Crippen molar-refractivity contribution in [3.63, 3.8) is 0 Å². The second-order valence-corrected chi connectivity index (χ2v) is 3.12. The van der Waals surface area contributed by atoms with Crippen molar-refractivity contribution in [2.24, 2.45) is 0 Å². The third kappa shape index (κ3) is 3.33. The molecule has 2 unspecified atom stereocenters. The normalized spacial score (nSPS) is 16.6. The Bertz CT molecular complexity index is 221. The minimum atomic E-state index is -1.80. The maximum Gasteiger partial charge on any atom is 0.341 e. The summed E-state index contributed by atoms with van der Waals surface area (Å²) in [5.74, 6) is -1.35. The fourth-order valence-corrected chi connectivity index (χ4v) is 0.807. The summed E-state index contributed by atoms with van der Waals surface area (Å²) in [6.07, 6.45) is -0.931. The zero-order chi connectivity index (χ0) is 11.4. The van der Waals surface area contributed by atoms with E-state index in [1.807, 2.05) is 0 Å². The first-order valence-corrected chi connectivity index (χ1v) is 4.39. The van der Waals surface area contributed by atoms with Crippen LogP contribution < -0.4 is 0 Å². The van der Waals surface area contributed by atoms with Crippen LogP contribution in [0.4, 0.5) is 0 Å². The smallest absolute Gasteiger partial charge is 0.341 e. The van der Waals surface area contributed by atoms with E-state index in [-0.39, 0.29) is 6.61 Å². The van der Waals surface area contributed by atoms with E-state index in [2.05, 4.69) is 4.74 Å². The molecule has 0 aliphatic carbocycles. The fraction of sp³-hybridized carbons (Fsp3) is 0.778. The van der Waals surface area contributed by atoms with Crippen LogP contribution in [0.15, 0.2) is 0 Å². The zero-order valence-corrected chi connectivity index (χ0v) is 8.86. The standard InChI is InChI=1S/C9H16O5/c1-5-13-8(11)9(4,12)6(2)14-7(3)10/h6,12H,5H2,1-4H3. The summed E-state index contributed by atoms with van der Waals surface area (Å²) in [5.41, 5.74) is -1.80. The predicted molar refractivity (Wildman–Crippen MR) is 48.5 cm³/mol. The van der Waals surface area contributed by atoms with Crippen molar-refractivity contribution in [1.82, 2.24) is 0 Å². The number of rotatable bonds is 4. The molecule has 0 amide bonds. The van der Waals surface area contributed by atoms with E-state index in [1.54, 1.807) is 6.92 Å². The Balaban J connectivity index is 4.42. The van der Waals surface area contributed by atoms with E-state index in [4.69, 9.17) is 4.74 Å². The number of carbonyl (C=O) groups excluding carboxylic acids is 2. The summed E-state index contributed by atoms with van der Waals surface area (Å²) < 4.78 is 9.32. The number of carbonyl (C=O) groups is 2.